The van der Waals surface area contributed by atoms with Gasteiger partial charge in [0.15, 0.2) is 0 Å². The topological polar surface area (TPSA) is 56.2 Å². The third kappa shape index (κ3) is 3.56. The monoisotopic (exact) mass is 365 g/mol. The molecule has 3 aromatic rings. The third-order valence-corrected chi connectivity index (χ3v) is 4.86. The molecule has 0 spiro atoms. The molecule has 27 heavy (non-hydrogen) atoms. The number of para-hydroxylation sites is 1. The van der Waals surface area contributed by atoms with Crippen LogP contribution in [-0.4, -0.2) is 22.1 Å². The second kappa shape index (κ2) is 7.23. The first kappa shape index (κ1) is 17.3. The second-order valence-electron chi connectivity index (χ2n) is 6.71. The van der Waals surface area contributed by atoms with E-state index in [9.17, 15) is 9.18 Å². The van der Waals surface area contributed by atoms with Crippen molar-refractivity contribution in [3.63, 3.8) is 0 Å². The molecule has 0 saturated carbocycles. The first-order valence-corrected chi connectivity index (χ1v) is 8.85. The van der Waals surface area contributed by atoms with Gasteiger partial charge in [-0.25, -0.2) is 9.37 Å². The number of aryl methyl sites for hydroxylation is 1. The highest BCUT2D eigenvalue weighted by atomic mass is 19.1. The minimum atomic E-state index is -0.463. The fourth-order valence-electron chi connectivity index (χ4n) is 3.36. The Morgan fingerprint density at radius 3 is 2.78 bits per heavy atom. The van der Waals surface area contributed by atoms with E-state index in [0.29, 0.717) is 18.9 Å². The molecule has 0 unspecified atom stereocenters. The van der Waals surface area contributed by atoms with Crippen LogP contribution in [0.3, 0.4) is 0 Å². The van der Waals surface area contributed by atoms with Gasteiger partial charge in [-0.05, 0) is 35.7 Å². The molecule has 0 bridgehead atoms. The Labute approximate surface area is 156 Å². The lowest BCUT2D eigenvalue weighted by atomic mass is 9.95. The number of amides is 1. The van der Waals surface area contributed by atoms with E-state index in [1.807, 2.05) is 42.1 Å². The summed E-state index contributed by atoms with van der Waals surface area (Å²) >= 11 is 0. The maximum Gasteiger partial charge on any atom is 0.227 e. The molecule has 1 aliphatic rings. The normalized spacial score (nSPS) is 16.9. The Morgan fingerprint density at radius 2 is 2.04 bits per heavy atom. The van der Waals surface area contributed by atoms with Crippen LogP contribution in [0, 0.1) is 11.7 Å². The lowest BCUT2D eigenvalue weighted by Crippen LogP contribution is -2.40. The molecule has 1 aromatic heterocycles. The minimum Gasteiger partial charge on any atom is -0.492 e. The zero-order chi connectivity index (χ0) is 18.8. The summed E-state index contributed by atoms with van der Waals surface area (Å²) in [5.74, 6) is 0.804. The highest BCUT2D eigenvalue weighted by molar-refractivity contribution is 5.80. The number of halogens is 1. The van der Waals surface area contributed by atoms with Crippen LogP contribution in [-0.2, 0) is 18.3 Å². The van der Waals surface area contributed by atoms with Gasteiger partial charge in [0.2, 0.25) is 5.91 Å². The van der Waals surface area contributed by atoms with Gasteiger partial charge in [-0.15, -0.1) is 0 Å². The molecule has 2 heterocycles. The Hall–Kier alpha value is -3.15. The minimum absolute atomic E-state index is 0.109. The van der Waals surface area contributed by atoms with E-state index in [0.717, 1.165) is 16.9 Å². The fourth-order valence-corrected chi connectivity index (χ4v) is 3.36. The first-order valence-electron chi connectivity index (χ1n) is 8.85. The van der Waals surface area contributed by atoms with E-state index in [1.54, 1.807) is 18.3 Å². The summed E-state index contributed by atoms with van der Waals surface area (Å²) in [6.45, 7) is 0.333. The lowest BCUT2D eigenvalue weighted by molar-refractivity contribution is -0.126. The van der Waals surface area contributed by atoms with Crippen molar-refractivity contribution in [2.45, 2.75) is 12.5 Å². The van der Waals surface area contributed by atoms with E-state index in [4.69, 9.17) is 4.74 Å². The second-order valence-corrected chi connectivity index (χ2v) is 6.71. The average Bonchev–Trinajstić information content (AvgIpc) is 3.12. The molecule has 6 heteroatoms. The molecule has 138 valence electrons. The number of rotatable bonds is 4. The van der Waals surface area contributed by atoms with Crippen LogP contribution in [0.25, 0.3) is 0 Å². The summed E-state index contributed by atoms with van der Waals surface area (Å²) in [6.07, 6.45) is 4.12. The van der Waals surface area contributed by atoms with Gasteiger partial charge < -0.3 is 14.6 Å². The molecule has 1 aliphatic heterocycles. The predicted octanol–water partition coefficient (Wildman–Crippen LogP) is 3.02. The first-order chi connectivity index (χ1) is 13.1. The number of carbonyl (C=O) groups excluding carboxylic acids is 1. The van der Waals surface area contributed by atoms with Gasteiger partial charge in [-0.1, -0.05) is 30.3 Å². The molecular weight excluding hydrogens is 345 g/mol. The van der Waals surface area contributed by atoms with Gasteiger partial charge in [-0.2, -0.15) is 0 Å². The predicted molar refractivity (Wildman–Crippen MR) is 98.7 cm³/mol. The van der Waals surface area contributed by atoms with E-state index in [-0.39, 0.29) is 17.6 Å². The van der Waals surface area contributed by atoms with Crippen molar-refractivity contribution < 1.29 is 13.9 Å². The van der Waals surface area contributed by atoms with Gasteiger partial charge in [0.05, 0.1) is 5.92 Å². The van der Waals surface area contributed by atoms with Crippen molar-refractivity contribution in [3.05, 3.63) is 83.7 Å². The molecule has 2 atom stereocenters. The summed E-state index contributed by atoms with van der Waals surface area (Å²) in [4.78, 5) is 17.3. The summed E-state index contributed by atoms with van der Waals surface area (Å²) < 4.78 is 20.9. The van der Waals surface area contributed by atoms with Crippen LogP contribution in [0.5, 0.6) is 5.75 Å². The largest absolute Gasteiger partial charge is 0.492 e. The number of nitrogens with one attached hydrogen (secondary N) is 1. The van der Waals surface area contributed by atoms with Gasteiger partial charge in [0.1, 0.15) is 30.0 Å². The van der Waals surface area contributed by atoms with E-state index in [2.05, 4.69) is 10.3 Å². The van der Waals surface area contributed by atoms with Gasteiger partial charge in [0, 0.05) is 19.4 Å². The highest BCUT2D eigenvalue weighted by Crippen LogP contribution is 2.28. The number of hydrogen-bond acceptors (Lipinski definition) is 3. The van der Waals surface area contributed by atoms with Crippen LogP contribution in [0.15, 0.2) is 60.9 Å². The van der Waals surface area contributed by atoms with Crippen LogP contribution < -0.4 is 10.1 Å². The van der Waals surface area contributed by atoms with Crippen molar-refractivity contribution in [2.24, 2.45) is 13.0 Å². The number of hydrogen-bond donors (Lipinski definition) is 1. The highest BCUT2D eigenvalue weighted by Gasteiger charge is 2.29. The molecule has 0 saturated heterocycles. The number of fused-ring (bicyclic) bond motifs is 1. The van der Waals surface area contributed by atoms with Crippen LogP contribution in [0.2, 0.25) is 0 Å². The van der Waals surface area contributed by atoms with E-state index >= 15 is 0 Å². The van der Waals surface area contributed by atoms with Crippen LogP contribution >= 0.6 is 0 Å². The molecule has 0 aliphatic carbocycles. The number of imidazole rings is 1. The van der Waals surface area contributed by atoms with E-state index in [1.165, 1.54) is 12.1 Å². The number of nitrogens with zero attached hydrogens (tertiary/aromatic N) is 2. The summed E-state index contributed by atoms with van der Waals surface area (Å²) in [5, 5.41) is 3.07. The smallest absolute Gasteiger partial charge is 0.227 e. The third-order valence-electron chi connectivity index (χ3n) is 4.86. The quantitative estimate of drug-likeness (QED) is 0.773. The molecular formula is C21H20FN3O2. The van der Waals surface area contributed by atoms with Crippen molar-refractivity contribution in [2.75, 3.05) is 6.61 Å². The Kier molecular flexibility index (Phi) is 4.62. The van der Waals surface area contributed by atoms with Crippen LogP contribution in [0.4, 0.5) is 4.39 Å². The number of carbonyl (C=O) groups is 1. The zero-order valence-electron chi connectivity index (χ0n) is 14.9. The van der Waals surface area contributed by atoms with Crippen LogP contribution in [0.1, 0.15) is 23.0 Å². The maximum absolute atomic E-state index is 13.3. The lowest BCUT2D eigenvalue weighted by Gasteiger charge is -2.27. The molecule has 1 N–H and O–H groups in total. The Bertz CT molecular complexity index is 952. The Balaban J connectivity index is 1.58. The van der Waals surface area contributed by atoms with Crippen molar-refractivity contribution >= 4 is 5.91 Å². The number of ether oxygens (including phenoxy) is 1. The van der Waals surface area contributed by atoms with Gasteiger partial charge in [-0.3, -0.25) is 4.79 Å². The number of benzene rings is 2. The molecule has 5 nitrogen and oxygen atoms in total. The van der Waals surface area contributed by atoms with Crippen molar-refractivity contribution in [3.8, 4) is 5.75 Å². The summed E-state index contributed by atoms with van der Waals surface area (Å²) in [5.41, 5.74) is 1.80. The maximum atomic E-state index is 13.3. The Morgan fingerprint density at radius 1 is 1.26 bits per heavy atom. The SMILES string of the molecule is Cn1ccnc1[C@@H](NC(=O)[C@H]1COc2ccccc2C1)c1ccc(F)cc1. The van der Waals surface area contributed by atoms with Crippen molar-refractivity contribution in [1.29, 1.82) is 0 Å². The number of aromatic nitrogens is 2. The summed E-state index contributed by atoms with van der Waals surface area (Å²) in [6, 6.07) is 13.4. The van der Waals surface area contributed by atoms with Gasteiger partial charge >= 0.3 is 0 Å². The summed E-state index contributed by atoms with van der Waals surface area (Å²) in [7, 11) is 1.87. The van der Waals surface area contributed by atoms with Crippen molar-refractivity contribution in [1.82, 2.24) is 14.9 Å². The molecule has 2 aromatic carbocycles. The van der Waals surface area contributed by atoms with E-state index < -0.39 is 6.04 Å². The zero-order valence-corrected chi connectivity index (χ0v) is 14.9. The van der Waals surface area contributed by atoms with Gasteiger partial charge in [0.25, 0.3) is 0 Å². The fraction of sp³-hybridized carbons (Fsp3) is 0.238. The molecule has 0 radical (unpaired) electrons. The molecule has 4 rings (SSSR count). The molecule has 0 fully saturated rings. The average molecular weight is 365 g/mol. The molecule has 1 amide bonds. The standard InChI is InChI=1S/C21H20FN3O2/c1-25-11-10-23-20(25)19(14-6-8-17(22)9-7-14)24-21(26)16-12-15-4-2-3-5-18(15)27-13-16/h2-11,16,19H,12-13H2,1H3,(H,24,26)/t16-,19+/m1/s1.